The summed E-state index contributed by atoms with van der Waals surface area (Å²) < 4.78 is 0. The van der Waals surface area contributed by atoms with Gasteiger partial charge in [-0.2, -0.15) is 0 Å². The van der Waals surface area contributed by atoms with E-state index in [0.29, 0.717) is 17.3 Å². The highest BCUT2D eigenvalue weighted by molar-refractivity contribution is 5.93. The molecule has 1 aliphatic rings. The summed E-state index contributed by atoms with van der Waals surface area (Å²) in [5, 5.41) is 6.53. The van der Waals surface area contributed by atoms with Crippen LogP contribution in [0, 0.1) is 5.92 Å². The molecule has 2 rings (SSSR count). The van der Waals surface area contributed by atoms with E-state index in [1.54, 1.807) is 18.3 Å². The van der Waals surface area contributed by atoms with Crippen molar-refractivity contribution >= 4 is 11.7 Å². The summed E-state index contributed by atoms with van der Waals surface area (Å²) in [6.07, 6.45) is 2.78. The predicted molar refractivity (Wildman–Crippen MR) is 62.2 cm³/mol. The Kier molecular flexibility index (Phi) is 3.36. The van der Waals surface area contributed by atoms with Crippen molar-refractivity contribution in [2.24, 2.45) is 11.7 Å². The summed E-state index contributed by atoms with van der Waals surface area (Å²) in [7, 11) is 0. The molecule has 1 aromatic rings. The van der Waals surface area contributed by atoms with Crippen molar-refractivity contribution in [3.8, 4) is 0 Å². The standard InChI is InChI=1S/C11H16N4O/c12-11(16)9-2-4-14-10(5-9)15-7-8-1-3-13-6-8/h2,4-5,8,13H,1,3,6-7H2,(H2,12,16)(H,14,15). The second-order valence-electron chi connectivity index (χ2n) is 4.03. The first-order valence-corrected chi connectivity index (χ1v) is 5.46. The molecule has 5 nitrogen and oxygen atoms in total. The highest BCUT2D eigenvalue weighted by Crippen LogP contribution is 2.10. The first-order valence-electron chi connectivity index (χ1n) is 5.46. The zero-order valence-electron chi connectivity index (χ0n) is 9.07. The van der Waals surface area contributed by atoms with E-state index in [9.17, 15) is 4.79 Å². The van der Waals surface area contributed by atoms with Crippen LogP contribution >= 0.6 is 0 Å². The topological polar surface area (TPSA) is 80.0 Å². The molecule has 5 heteroatoms. The summed E-state index contributed by atoms with van der Waals surface area (Å²) >= 11 is 0. The third kappa shape index (κ3) is 2.70. The van der Waals surface area contributed by atoms with Crippen LogP contribution in [-0.2, 0) is 0 Å². The molecule has 1 saturated heterocycles. The zero-order chi connectivity index (χ0) is 11.4. The fourth-order valence-electron chi connectivity index (χ4n) is 1.82. The first kappa shape index (κ1) is 10.9. The van der Waals surface area contributed by atoms with Crippen molar-refractivity contribution in [3.05, 3.63) is 23.9 Å². The Morgan fingerprint density at radius 1 is 1.69 bits per heavy atom. The molecule has 1 aromatic heterocycles. The van der Waals surface area contributed by atoms with E-state index in [4.69, 9.17) is 5.73 Å². The average molecular weight is 220 g/mol. The van der Waals surface area contributed by atoms with Gasteiger partial charge < -0.3 is 16.4 Å². The lowest BCUT2D eigenvalue weighted by Gasteiger charge is -2.10. The van der Waals surface area contributed by atoms with Crippen LogP contribution in [0.15, 0.2) is 18.3 Å². The summed E-state index contributed by atoms with van der Waals surface area (Å²) in [6, 6.07) is 3.30. The number of carbonyl (C=O) groups excluding carboxylic acids is 1. The lowest BCUT2D eigenvalue weighted by molar-refractivity contribution is 0.1000. The van der Waals surface area contributed by atoms with E-state index in [2.05, 4.69) is 15.6 Å². The average Bonchev–Trinajstić information content (AvgIpc) is 2.79. The smallest absolute Gasteiger partial charge is 0.248 e. The van der Waals surface area contributed by atoms with Gasteiger partial charge in [0, 0.05) is 18.3 Å². The summed E-state index contributed by atoms with van der Waals surface area (Å²) in [5.74, 6) is 0.926. The van der Waals surface area contributed by atoms with E-state index < -0.39 is 5.91 Å². The van der Waals surface area contributed by atoms with Crippen LogP contribution in [0.3, 0.4) is 0 Å². The number of primary amides is 1. The predicted octanol–water partition coefficient (Wildman–Crippen LogP) is 0.202. The molecule has 1 aliphatic heterocycles. The van der Waals surface area contributed by atoms with Gasteiger partial charge in [0.15, 0.2) is 0 Å². The molecular weight excluding hydrogens is 204 g/mol. The molecule has 4 N–H and O–H groups in total. The molecule has 16 heavy (non-hydrogen) atoms. The minimum atomic E-state index is -0.423. The number of nitrogens with two attached hydrogens (primary N) is 1. The van der Waals surface area contributed by atoms with Gasteiger partial charge in [-0.25, -0.2) is 4.98 Å². The zero-order valence-corrected chi connectivity index (χ0v) is 9.07. The van der Waals surface area contributed by atoms with Gasteiger partial charge in [-0.1, -0.05) is 0 Å². The molecular formula is C11H16N4O. The molecule has 0 spiro atoms. The van der Waals surface area contributed by atoms with Gasteiger partial charge in [-0.3, -0.25) is 4.79 Å². The van der Waals surface area contributed by atoms with Gasteiger partial charge in [0.2, 0.25) is 5.91 Å². The van der Waals surface area contributed by atoms with Crippen molar-refractivity contribution in [1.29, 1.82) is 0 Å². The molecule has 1 amide bonds. The minimum Gasteiger partial charge on any atom is -0.370 e. The van der Waals surface area contributed by atoms with Crippen LogP contribution in [-0.4, -0.2) is 30.5 Å². The molecule has 0 aromatic carbocycles. The third-order valence-electron chi connectivity index (χ3n) is 2.78. The van der Waals surface area contributed by atoms with E-state index in [-0.39, 0.29) is 0 Å². The molecule has 1 fully saturated rings. The van der Waals surface area contributed by atoms with Gasteiger partial charge in [0.1, 0.15) is 5.82 Å². The van der Waals surface area contributed by atoms with Gasteiger partial charge in [-0.15, -0.1) is 0 Å². The van der Waals surface area contributed by atoms with Crippen LogP contribution < -0.4 is 16.4 Å². The van der Waals surface area contributed by atoms with Gasteiger partial charge in [0.25, 0.3) is 0 Å². The number of hydrogen-bond acceptors (Lipinski definition) is 4. The molecule has 0 bridgehead atoms. The normalized spacial score (nSPS) is 19.6. The maximum atomic E-state index is 11.0. The fraction of sp³-hybridized carbons (Fsp3) is 0.455. The Morgan fingerprint density at radius 3 is 3.25 bits per heavy atom. The number of aromatic nitrogens is 1. The monoisotopic (exact) mass is 220 g/mol. The maximum absolute atomic E-state index is 11.0. The number of rotatable bonds is 4. The highest BCUT2D eigenvalue weighted by Gasteiger charge is 2.14. The number of nitrogens with one attached hydrogen (secondary N) is 2. The Bertz CT molecular complexity index is 374. The summed E-state index contributed by atoms with van der Waals surface area (Å²) in [4.78, 5) is 15.1. The largest absolute Gasteiger partial charge is 0.370 e. The van der Waals surface area contributed by atoms with Crippen LogP contribution in [0.25, 0.3) is 0 Å². The van der Waals surface area contributed by atoms with Crippen molar-refractivity contribution < 1.29 is 4.79 Å². The number of pyridine rings is 1. The van der Waals surface area contributed by atoms with E-state index in [1.165, 1.54) is 6.42 Å². The number of anilines is 1. The van der Waals surface area contributed by atoms with Crippen molar-refractivity contribution in [3.63, 3.8) is 0 Å². The maximum Gasteiger partial charge on any atom is 0.248 e. The lowest BCUT2D eigenvalue weighted by atomic mass is 10.1. The Labute approximate surface area is 94.4 Å². The quantitative estimate of drug-likeness (QED) is 0.677. The second-order valence-corrected chi connectivity index (χ2v) is 4.03. The minimum absolute atomic E-state index is 0.423. The molecule has 0 aliphatic carbocycles. The fourth-order valence-corrected chi connectivity index (χ4v) is 1.82. The van der Waals surface area contributed by atoms with Crippen LogP contribution in [0.1, 0.15) is 16.8 Å². The molecule has 1 unspecified atom stereocenters. The van der Waals surface area contributed by atoms with Crippen LogP contribution in [0.2, 0.25) is 0 Å². The Balaban J connectivity index is 1.93. The van der Waals surface area contributed by atoms with E-state index >= 15 is 0 Å². The SMILES string of the molecule is NC(=O)c1ccnc(NCC2CCNC2)c1. The molecule has 86 valence electrons. The van der Waals surface area contributed by atoms with Crippen molar-refractivity contribution in [1.82, 2.24) is 10.3 Å². The molecule has 0 saturated carbocycles. The number of nitrogens with zero attached hydrogens (tertiary/aromatic N) is 1. The molecule has 0 radical (unpaired) electrons. The first-order chi connectivity index (χ1) is 7.75. The van der Waals surface area contributed by atoms with Gasteiger partial charge in [-0.05, 0) is 37.6 Å². The summed E-state index contributed by atoms with van der Waals surface area (Å²) in [5.41, 5.74) is 5.68. The van der Waals surface area contributed by atoms with E-state index in [1.807, 2.05) is 0 Å². The number of hydrogen-bond donors (Lipinski definition) is 3. The van der Waals surface area contributed by atoms with Crippen molar-refractivity contribution in [2.45, 2.75) is 6.42 Å². The number of amides is 1. The Morgan fingerprint density at radius 2 is 2.56 bits per heavy atom. The third-order valence-corrected chi connectivity index (χ3v) is 2.78. The van der Waals surface area contributed by atoms with Gasteiger partial charge in [0.05, 0.1) is 0 Å². The lowest BCUT2D eigenvalue weighted by Crippen LogP contribution is -2.18. The van der Waals surface area contributed by atoms with E-state index in [0.717, 1.165) is 19.6 Å². The highest BCUT2D eigenvalue weighted by atomic mass is 16.1. The molecule has 1 atom stereocenters. The van der Waals surface area contributed by atoms with Crippen LogP contribution in [0.5, 0.6) is 0 Å². The van der Waals surface area contributed by atoms with Crippen molar-refractivity contribution in [2.75, 3.05) is 25.0 Å². The van der Waals surface area contributed by atoms with Crippen LogP contribution in [0.4, 0.5) is 5.82 Å². The molecule has 2 heterocycles. The van der Waals surface area contributed by atoms with Gasteiger partial charge >= 0.3 is 0 Å². The Hall–Kier alpha value is -1.62. The number of carbonyl (C=O) groups is 1. The second kappa shape index (κ2) is 4.94. The summed E-state index contributed by atoms with van der Waals surface area (Å²) in [6.45, 7) is 3.01.